The summed E-state index contributed by atoms with van der Waals surface area (Å²) in [4.78, 5) is 14.5. The van der Waals surface area contributed by atoms with Gasteiger partial charge in [-0.15, -0.1) is 5.10 Å². The Morgan fingerprint density at radius 2 is 1.92 bits per heavy atom. The summed E-state index contributed by atoms with van der Waals surface area (Å²) >= 11 is 0. The molecule has 26 heavy (non-hydrogen) atoms. The van der Waals surface area contributed by atoms with Crippen molar-refractivity contribution in [1.82, 2.24) is 25.2 Å². The van der Waals surface area contributed by atoms with Gasteiger partial charge < -0.3 is 15.0 Å². The van der Waals surface area contributed by atoms with Crippen molar-refractivity contribution in [2.75, 3.05) is 27.7 Å². The van der Waals surface area contributed by atoms with Gasteiger partial charge in [0.1, 0.15) is 17.8 Å². The Morgan fingerprint density at radius 1 is 1.19 bits per heavy atom. The average molecular weight is 353 g/mol. The molecule has 0 aliphatic carbocycles. The monoisotopic (exact) mass is 353 g/mol. The van der Waals surface area contributed by atoms with Gasteiger partial charge in [0.2, 0.25) is 5.91 Å². The molecule has 7 nitrogen and oxygen atoms in total. The number of fused-ring (bicyclic) bond motifs is 1. The molecule has 7 heteroatoms. The van der Waals surface area contributed by atoms with Crippen LogP contribution in [0.3, 0.4) is 0 Å². The Balaban J connectivity index is 1.68. The predicted molar refractivity (Wildman–Crippen MR) is 100.0 cm³/mol. The van der Waals surface area contributed by atoms with Crippen molar-refractivity contribution >= 4 is 16.9 Å². The number of benzene rings is 2. The number of nitrogens with one attached hydrogen (secondary N) is 1. The normalized spacial score (nSPS) is 12.3. The van der Waals surface area contributed by atoms with E-state index in [0.717, 1.165) is 22.3 Å². The first-order valence-corrected chi connectivity index (χ1v) is 8.44. The van der Waals surface area contributed by atoms with Crippen molar-refractivity contribution in [3.05, 3.63) is 54.1 Å². The highest BCUT2D eigenvalue weighted by molar-refractivity contribution is 5.79. The molecule has 0 radical (unpaired) electrons. The van der Waals surface area contributed by atoms with E-state index in [9.17, 15) is 4.79 Å². The second-order valence-corrected chi connectivity index (χ2v) is 6.26. The Labute approximate surface area is 152 Å². The van der Waals surface area contributed by atoms with Crippen molar-refractivity contribution in [2.24, 2.45) is 0 Å². The zero-order valence-electron chi connectivity index (χ0n) is 15.2. The number of rotatable bonds is 7. The van der Waals surface area contributed by atoms with Gasteiger partial charge in [-0.3, -0.25) is 4.79 Å². The van der Waals surface area contributed by atoms with Crippen LogP contribution in [-0.4, -0.2) is 53.6 Å². The Morgan fingerprint density at radius 3 is 2.69 bits per heavy atom. The molecule has 1 N–H and O–H groups in total. The molecular formula is C19H23N5O2. The fourth-order valence-electron chi connectivity index (χ4n) is 2.95. The van der Waals surface area contributed by atoms with Crippen molar-refractivity contribution in [3.8, 4) is 5.75 Å². The third-order valence-corrected chi connectivity index (χ3v) is 4.33. The number of para-hydroxylation sites is 2. The summed E-state index contributed by atoms with van der Waals surface area (Å²) in [5.74, 6) is 0.699. The SMILES string of the molecule is COc1ccccc1C(CNC(=O)Cn1nnc2ccccc21)N(C)C. The molecule has 1 aromatic heterocycles. The van der Waals surface area contributed by atoms with E-state index >= 15 is 0 Å². The smallest absolute Gasteiger partial charge is 0.241 e. The molecule has 1 atom stereocenters. The van der Waals surface area contributed by atoms with E-state index in [0.29, 0.717) is 6.54 Å². The summed E-state index contributed by atoms with van der Waals surface area (Å²) in [6.07, 6.45) is 0. The number of nitrogens with zero attached hydrogens (tertiary/aromatic N) is 4. The average Bonchev–Trinajstić information content (AvgIpc) is 3.05. The van der Waals surface area contributed by atoms with Crippen LogP contribution in [0.5, 0.6) is 5.75 Å². The molecule has 0 bridgehead atoms. The van der Waals surface area contributed by atoms with Gasteiger partial charge in [-0.25, -0.2) is 4.68 Å². The van der Waals surface area contributed by atoms with E-state index in [2.05, 4.69) is 20.5 Å². The molecule has 3 aromatic rings. The van der Waals surface area contributed by atoms with Gasteiger partial charge in [-0.05, 0) is 32.3 Å². The molecule has 0 saturated carbocycles. The highest BCUT2D eigenvalue weighted by Gasteiger charge is 2.19. The fourth-order valence-corrected chi connectivity index (χ4v) is 2.95. The standard InChI is InChI=1S/C19H23N5O2/c1-23(2)17(14-8-4-7-11-18(14)26-3)12-20-19(25)13-24-16-10-6-5-9-15(16)21-22-24/h4-11,17H,12-13H2,1-3H3,(H,20,25). The molecule has 0 spiro atoms. The second kappa shape index (κ2) is 7.97. The van der Waals surface area contributed by atoms with Gasteiger partial charge in [0.15, 0.2) is 0 Å². The minimum Gasteiger partial charge on any atom is -0.496 e. The van der Waals surface area contributed by atoms with E-state index in [1.165, 1.54) is 0 Å². The molecule has 1 heterocycles. The fraction of sp³-hybridized carbons (Fsp3) is 0.316. The first kappa shape index (κ1) is 17.9. The lowest BCUT2D eigenvalue weighted by atomic mass is 10.0. The molecule has 2 aromatic carbocycles. The van der Waals surface area contributed by atoms with E-state index in [1.807, 2.05) is 62.6 Å². The lowest BCUT2D eigenvalue weighted by Crippen LogP contribution is -2.36. The molecule has 0 aliphatic rings. The minimum absolute atomic E-state index is 0.00240. The van der Waals surface area contributed by atoms with Crippen LogP contribution in [0.2, 0.25) is 0 Å². The molecule has 3 rings (SSSR count). The summed E-state index contributed by atoms with van der Waals surface area (Å²) < 4.78 is 7.06. The third kappa shape index (κ3) is 3.83. The molecule has 1 unspecified atom stereocenters. The largest absolute Gasteiger partial charge is 0.496 e. The van der Waals surface area contributed by atoms with Gasteiger partial charge in [0, 0.05) is 12.1 Å². The number of hydrogen-bond acceptors (Lipinski definition) is 5. The van der Waals surface area contributed by atoms with E-state index in [1.54, 1.807) is 11.8 Å². The summed E-state index contributed by atoms with van der Waals surface area (Å²) in [6, 6.07) is 15.4. The van der Waals surface area contributed by atoms with Crippen LogP contribution in [0.15, 0.2) is 48.5 Å². The summed E-state index contributed by atoms with van der Waals surface area (Å²) in [6.45, 7) is 0.603. The molecule has 1 amide bonds. The maximum absolute atomic E-state index is 12.4. The maximum atomic E-state index is 12.4. The number of carbonyl (C=O) groups excluding carboxylic acids is 1. The number of hydrogen-bond donors (Lipinski definition) is 1. The van der Waals surface area contributed by atoms with Gasteiger partial charge in [-0.1, -0.05) is 35.5 Å². The lowest BCUT2D eigenvalue weighted by molar-refractivity contribution is -0.122. The molecule has 136 valence electrons. The zero-order chi connectivity index (χ0) is 18.5. The lowest BCUT2D eigenvalue weighted by Gasteiger charge is -2.26. The molecule has 0 aliphatic heterocycles. The van der Waals surface area contributed by atoms with Crippen molar-refractivity contribution in [2.45, 2.75) is 12.6 Å². The van der Waals surface area contributed by atoms with E-state index in [-0.39, 0.29) is 18.5 Å². The third-order valence-electron chi connectivity index (χ3n) is 4.33. The molecule has 0 fully saturated rings. The van der Waals surface area contributed by atoms with E-state index in [4.69, 9.17) is 4.74 Å². The first-order valence-electron chi connectivity index (χ1n) is 8.44. The van der Waals surface area contributed by atoms with Gasteiger partial charge in [0.25, 0.3) is 0 Å². The highest BCUT2D eigenvalue weighted by atomic mass is 16.5. The molecule has 0 saturated heterocycles. The summed E-state index contributed by atoms with van der Waals surface area (Å²) in [5.41, 5.74) is 2.66. The topological polar surface area (TPSA) is 72.3 Å². The zero-order valence-corrected chi connectivity index (χ0v) is 15.2. The van der Waals surface area contributed by atoms with Crippen molar-refractivity contribution < 1.29 is 9.53 Å². The summed E-state index contributed by atoms with van der Waals surface area (Å²) in [5, 5.41) is 11.1. The van der Waals surface area contributed by atoms with Crippen molar-refractivity contribution in [3.63, 3.8) is 0 Å². The maximum Gasteiger partial charge on any atom is 0.241 e. The van der Waals surface area contributed by atoms with Crippen LogP contribution in [0.4, 0.5) is 0 Å². The first-order chi connectivity index (χ1) is 12.6. The quantitative estimate of drug-likeness (QED) is 0.702. The minimum atomic E-state index is -0.109. The number of methoxy groups -OCH3 is 1. The number of amides is 1. The Hall–Kier alpha value is -2.93. The van der Waals surface area contributed by atoms with Gasteiger partial charge >= 0.3 is 0 Å². The van der Waals surface area contributed by atoms with E-state index < -0.39 is 0 Å². The Bertz CT molecular complexity index is 890. The highest BCUT2D eigenvalue weighted by Crippen LogP contribution is 2.27. The number of likely N-dealkylation sites (N-methyl/N-ethyl adjacent to an activating group) is 1. The van der Waals surface area contributed by atoms with Crippen LogP contribution in [-0.2, 0) is 11.3 Å². The number of carbonyl (C=O) groups is 1. The summed E-state index contributed by atoms with van der Waals surface area (Å²) in [7, 11) is 5.61. The van der Waals surface area contributed by atoms with Crippen LogP contribution in [0.25, 0.3) is 11.0 Å². The Kier molecular flexibility index (Phi) is 5.48. The van der Waals surface area contributed by atoms with Crippen LogP contribution >= 0.6 is 0 Å². The van der Waals surface area contributed by atoms with Gasteiger partial charge in [-0.2, -0.15) is 0 Å². The van der Waals surface area contributed by atoms with Crippen LogP contribution < -0.4 is 10.1 Å². The van der Waals surface area contributed by atoms with Crippen LogP contribution in [0.1, 0.15) is 11.6 Å². The van der Waals surface area contributed by atoms with Crippen LogP contribution in [0, 0.1) is 0 Å². The molecular weight excluding hydrogens is 330 g/mol. The second-order valence-electron chi connectivity index (χ2n) is 6.26. The van der Waals surface area contributed by atoms with Gasteiger partial charge in [0.05, 0.1) is 18.7 Å². The predicted octanol–water partition coefficient (Wildman–Crippen LogP) is 1.86. The number of aromatic nitrogens is 3. The van der Waals surface area contributed by atoms with Crippen molar-refractivity contribution in [1.29, 1.82) is 0 Å². The number of ether oxygens (including phenoxy) is 1.